The molecule has 170 valence electrons. The molecule has 2 aromatic carbocycles. The number of pyridine rings is 1. The monoisotopic (exact) mass is 445 g/mol. The van der Waals surface area contributed by atoms with E-state index in [0.29, 0.717) is 22.8 Å². The van der Waals surface area contributed by atoms with Crippen molar-refractivity contribution in [2.45, 2.75) is 13.8 Å². The topological polar surface area (TPSA) is 103 Å². The largest absolute Gasteiger partial charge is 0.324 e. The van der Waals surface area contributed by atoms with E-state index in [-0.39, 0.29) is 30.8 Å². The van der Waals surface area contributed by atoms with Gasteiger partial charge in [-0.25, -0.2) is 4.98 Å². The Morgan fingerprint density at radius 2 is 1.52 bits per heavy atom. The second-order valence-electron chi connectivity index (χ2n) is 7.80. The van der Waals surface area contributed by atoms with Crippen LogP contribution in [0.5, 0.6) is 0 Å². The number of benzene rings is 2. The van der Waals surface area contributed by atoms with Crippen LogP contribution in [-0.4, -0.2) is 47.7 Å². The Kier molecular flexibility index (Phi) is 7.88. The maximum absolute atomic E-state index is 12.8. The zero-order valence-corrected chi connectivity index (χ0v) is 18.9. The van der Waals surface area contributed by atoms with E-state index in [1.807, 2.05) is 44.2 Å². The number of aryl methyl sites for hydroxylation is 2. The predicted molar refractivity (Wildman–Crippen MR) is 129 cm³/mol. The van der Waals surface area contributed by atoms with Crippen LogP contribution in [0.25, 0.3) is 0 Å². The van der Waals surface area contributed by atoms with E-state index in [9.17, 15) is 14.4 Å². The number of para-hydroxylation sites is 1. The summed E-state index contributed by atoms with van der Waals surface area (Å²) in [6.07, 6.45) is 0. The third-order valence-electron chi connectivity index (χ3n) is 4.70. The van der Waals surface area contributed by atoms with E-state index in [2.05, 4.69) is 20.9 Å². The zero-order valence-electron chi connectivity index (χ0n) is 18.9. The van der Waals surface area contributed by atoms with Crippen molar-refractivity contribution in [1.29, 1.82) is 0 Å². The molecule has 0 unspecified atom stereocenters. The van der Waals surface area contributed by atoms with Gasteiger partial charge >= 0.3 is 0 Å². The molecule has 0 aliphatic rings. The second kappa shape index (κ2) is 11.0. The molecule has 1 aromatic heterocycles. The van der Waals surface area contributed by atoms with Gasteiger partial charge in [0.1, 0.15) is 5.82 Å². The smallest absolute Gasteiger partial charge is 0.257 e. The van der Waals surface area contributed by atoms with Crippen LogP contribution < -0.4 is 16.0 Å². The molecule has 0 atom stereocenters. The van der Waals surface area contributed by atoms with Gasteiger partial charge in [0.05, 0.1) is 24.3 Å². The van der Waals surface area contributed by atoms with Crippen molar-refractivity contribution in [1.82, 2.24) is 9.88 Å². The number of carbonyl (C=O) groups is 3. The quantitative estimate of drug-likeness (QED) is 0.493. The molecule has 1 heterocycles. The molecule has 0 fully saturated rings. The summed E-state index contributed by atoms with van der Waals surface area (Å²) in [6, 6.07) is 19.6. The SMILES string of the molecule is Cc1cccc(NC(=O)c2ccccc2NC(=O)CN(C)CC(=O)Nc2cccc(C)n2)c1. The highest BCUT2D eigenvalue weighted by atomic mass is 16.2. The average Bonchev–Trinajstić information content (AvgIpc) is 2.73. The summed E-state index contributed by atoms with van der Waals surface area (Å²) in [4.78, 5) is 43.4. The average molecular weight is 446 g/mol. The van der Waals surface area contributed by atoms with Gasteiger partial charge in [-0.2, -0.15) is 0 Å². The van der Waals surface area contributed by atoms with Gasteiger partial charge in [0, 0.05) is 11.4 Å². The molecule has 0 saturated carbocycles. The van der Waals surface area contributed by atoms with Crippen molar-refractivity contribution in [3.05, 3.63) is 83.6 Å². The van der Waals surface area contributed by atoms with Crippen molar-refractivity contribution in [2.24, 2.45) is 0 Å². The van der Waals surface area contributed by atoms with Crippen LogP contribution in [0.15, 0.2) is 66.7 Å². The lowest BCUT2D eigenvalue weighted by Gasteiger charge is -2.17. The molecule has 3 rings (SSSR count). The molecule has 33 heavy (non-hydrogen) atoms. The zero-order chi connectivity index (χ0) is 23.8. The molecule has 0 saturated heterocycles. The third-order valence-corrected chi connectivity index (χ3v) is 4.70. The molecule has 0 spiro atoms. The molecule has 8 heteroatoms. The molecular weight excluding hydrogens is 418 g/mol. The van der Waals surface area contributed by atoms with Crippen molar-refractivity contribution in [3.8, 4) is 0 Å². The summed E-state index contributed by atoms with van der Waals surface area (Å²) in [5, 5.41) is 8.32. The number of aromatic nitrogens is 1. The minimum absolute atomic E-state index is 0.0124. The van der Waals surface area contributed by atoms with Crippen molar-refractivity contribution >= 4 is 34.9 Å². The van der Waals surface area contributed by atoms with Crippen LogP contribution in [0.4, 0.5) is 17.2 Å². The van der Waals surface area contributed by atoms with Crippen molar-refractivity contribution in [3.63, 3.8) is 0 Å². The fraction of sp³-hybridized carbons (Fsp3) is 0.200. The summed E-state index contributed by atoms with van der Waals surface area (Å²) in [7, 11) is 1.67. The van der Waals surface area contributed by atoms with Crippen LogP contribution in [-0.2, 0) is 9.59 Å². The van der Waals surface area contributed by atoms with E-state index in [1.165, 1.54) is 0 Å². The highest BCUT2D eigenvalue weighted by Crippen LogP contribution is 2.18. The van der Waals surface area contributed by atoms with Gasteiger partial charge in [-0.05, 0) is 62.9 Å². The molecule has 3 aromatic rings. The summed E-state index contributed by atoms with van der Waals surface area (Å²) >= 11 is 0. The Morgan fingerprint density at radius 1 is 0.818 bits per heavy atom. The van der Waals surface area contributed by atoms with Crippen molar-refractivity contribution < 1.29 is 14.4 Å². The lowest BCUT2D eigenvalue weighted by molar-refractivity contribution is -0.119. The van der Waals surface area contributed by atoms with Crippen LogP contribution in [0.3, 0.4) is 0 Å². The van der Waals surface area contributed by atoms with Crippen LogP contribution in [0, 0.1) is 13.8 Å². The van der Waals surface area contributed by atoms with Gasteiger partial charge in [0.15, 0.2) is 0 Å². The molecule has 0 radical (unpaired) electrons. The summed E-state index contributed by atoms with van der Waals surface area (Å²) in [5.41, 5.74) is 3.24. The lowest BCUT2D eigenvalue weighted by atomic mass is 10.1. The van der Waals surface area contributed by atoms with E-state index in [4.69, 9.17) is 0 Å². The first-order valence-electron chi connectivity index (χ1n) is 10.5. The summed E-state index contributed by atoms with van der Waals surface area (Å²) in [5.74, 6) is -0.475. The number of rotatable bonds is 8. The Morgan fingerprint density at radius 3 is 2.24 bits per heavy atom. The van der Waals surface area contributed by atoms with Gasteiger partial charge in [0.25, 0.3) is 5.91 Å². The summed E-state index contributed by atoms with van der Waals surface area (Å²) in [6.45, 7) is 3.77. The number of hydrogen-bond acceptors (Lipinski definition) is 5. The highest BCUT2D eigenvalue weighted by Gasteiger charge is 2.16. The number of amides is 3. The molecule has 0 bridgehead atoms. The van der Waals surface area contributed by atoms with Gasteiger partial charge in [0.2, 0.25) is 11.8 Å². The Labute approximate surface area is 193 Å². The van der Waals surface area contributed by atoms with E-state index in [1.54, 1.807) is 48.3 Å². The van der Waals surface area contributed by atoms with E-state index < -0.39 is 0 Å². The Hall–Kier alpha value is -4.04. The maximum atomic E-state index is 12.8. The van der Waals surface area contributed by atoms with Crippen LogP contribution in [0.1, 0.15) is 21.6 Å². The Balaban J connectivity index is 1.56. The van der Waals surface area contributed by atoms with Gasteiger partial charge in [-0.3, -0.25) is 19.3 Å². The van der Waals surface area contributed by atoms with Crippen LogP contribution in [0.2, 0.25) is 0 Å². The number of hydrogen-bond donors (Lipinski definition) is 3. The summed E-state index contributed by atoms with van der Waals surface area (Å²) < 4.78 is 0. The van der Waals surface area contributed by atoms with Gasteiger partial charge in [-0.1, -0.05) is 30.3 Å². The van der Waals surface area contributed by atoms with Crippen molar-refractivity contribution in [2.75, 3.05) is 36.1 Å². The first-order chi connectivity index (χ1) is 15.8. The fourth-order valence-corrected chi connectivity index (χ4v) is 3.24. The minimum atomic E-state index is -0.338. The molecule has 3 amide bonds. The van der Waals surface area contributed by atoms with Crippen LogP contribution >= 0.6 is 0 Å². The molecule has 8 nitrogen and oxygen atoms in total. The van der Waals surface area contributed by atoms with E-state index >= 15 is 0 Å². The normalized spacial score (nSPS) is 10.5. The van der Waals surface area contributed by atoms with Gasteiger partial charge < -0.3 is 16.0 Å². The second-order valence-corrected chi connectivity index (χ2v) is 7.80. The third kappa shape index (κ3) is 7.26. The standard InChI is InChI=1S/C25H27N5O3/c1-17-8-6-10-19(14-17)27-25(33)20-11-4-5-12-21(20)28-23(31)15-30(3)16-24(32)29-22-13-7-9-18(2)26-22/h4-14H,15-16H2,1-3H3,(H,27,33)(H,28,31)(H,26,29,32). The number of likely N-dealkylation sites (N-methyl/N-ethyl adjacent to an activating group) is 1. The molecule has 0 aliphatic heterocycles. The molecule has 0 aliphatic carbocycles. The maximum Gasteiger partial charge on any atom is 0.257 e. The van der Waals surface area contributed by atoms with E-state index in [0.717, 1.165) is 11.3 Å². The molecular formula is C25H27N5O3. The predicted octanol–water partition coefficient (Wildman–Crippen LogP) is 3.46. The minimum Gasteiger partial charge on any atom is -0.324 e. The first-order valence-corrected chi connectivity index (χ1v) is 10.5. The number of nitrogens with one attached hydrogen (secondary N) is 3. The number of carbonyl (C=O) groups excluding carboxylic acids is 3. The van der Waals surface area contributed by atoms with Gasteiger partial charge in [-0.15, -0.1) is 0 Å². The number of anilines is 3. The highest BCUT2D eigenvalue weighted by molar-refractivity contribution is 6.10. The fourth-order valence-electron chi connectivity index (χ4n) is 3.24. The Bertz CT molecular complexity index is 1160. The lowest BCUT2D eigenvalue weighted by Crippen LogP contribution is -2.36. The first kappa shape index (κ1) is 23.6. The number of nitrogens with zero attached hydrogens (tertiary/aromatic N) is 2. The molecule has 3 N–H and O–H groups in total.